The van der Waals surface area contributed by atoms with Crippen molar-refractivity contribution in [3.63, 3.8) is 0 Å². The largest absolute Gasteiger partial charge is 0.298 e. The van der Waals surface area contributed by atoms with Crippen molar-refractivity contribution in [1.82, 2.24) is 0 Å². The molecule has 1 heterocycles. The standard InChI is InChI=1S/C11H10OS/c1-2-8-3-4-11-10(5-8)9(6-12)7-13-11/h3-7H,2H2,1H3. The SMILES string of the molecule is CCc1ccc2scc(C=O)c2c1. The number of benzene rings is 1. The van der Waals surface area contributed by atoms with Gasteiger partial charge in [-0.05, 0) is 24.1 Å². The number of hydrogen-bond acceptors (Lipinski definition) is 2. The van der Waals surface area contributed by atoms with Crippen molar-refractivity contribution >= 4 is 27.7 Å². The van der Waals surface area contributed by atoms with Crippen LogP contribution in [0.1, 0.15) is 22.8 Å². The molecule has 1 aromatic heterocycles. The normalized spacial score (nSPS) is 10.5. The van der Waals surface area contributed by atoms with Crippen molar-refractivity contribution in [2.45, 2.75) is 13.3 Å². The van der Waals surface area contributed by atoms with Crippen LogP contribution in [0.15, 0.2) is 23.6 Å². The Hall–Kier alpha value is -1.15. The molecule has 0 aliphatic carbocycles. The van der Waals surface area contributed by atoms with Crippen LogP contribution in [-0.4, -0.2) is 6.29 Å². The van der Waals surface area contributed by atoms with Crippen molar-refractivity contribution in [3.8, 4) is 0 Å². The van der Waals surface area contributed by atoms with E-state index in [0.717, 1.165) is 23.7 Å². The Balaban J connectivity index is 2.71. The molecule has 1 nitrogen and oxygen atoms in total. The van der Waals surface area contributed by atoms with Gasteiger partial charge in [-0.15, -0.1) is 11.3 Å². The van der Waals surface area contributed by atoms with Crippen molar-refractivity contribution in [1.29, 1.82) is 0 Å². The van der Waals surface area contributed by atoms with Crippen LogP contribution < -0.4 is 0 Å². The minimum Gasteiger partial charge on any atom is -0.298 e. The van der Waals surface area contributed by atoms with E-state index in [1.807, 2.05) is 5.38 Å². The fraction of sp³-hybridized carbons (Fsp3) is 0.182. The van der Waals surface area contributed by atoms with Gasteiger partial charge in [-0.2, -0.15) is 0 Å². The van der Waals surface area contributed by atoms with Gasteiger partial charge in [0.1, 0.15) is 0 Å². The average Bonchev–Trinajstić information content (AvgIpc) is 2.59. The van der Waals surface area contributed by atoms with E-state index < -0.39 is 0 Å². The van der Waals surface area contributed by atoms with Crippen molar-refractivity contribution in [3.05, 3.63) is 34.7 Å². The monoisotopic (exact) mass is 190 g/mol. The molecule has 0 unspecified atom stereocenters. The Morgan fingerprint density at radius 2 is 2.31 bits per heavy atom. The highest BCUT2D eigenvalue weighted by Gasteiger charge is 2.02. The quantitative estimate of drug-likeness (QED) is 0.664. The number of aryl methyl sites for hydroxylation is 1. The second-order valence-electron chi connectivity index (χ2n) is 2.99. The summed E-state index contributed by atoms with van der Waals surface area (Å²) < 4.78 is 1.19. The average molecular weight is 190 g/mol. The molecule has 2 aromatic rings. The molecule has 0 amide bonds. The maximum atomic E-state index is 10.7. The summed E-state index contributed by atoms with van der Waals surface area (Å²) in [4.78, 5) is 10.7. The Morgan fingerprint density at radius 1 is 1.46 bits per heavy atom. The summed E-state index contributed by atoms with van der Waals surface area (Å²) >= 11 is 1.63. The van der Waals surface area contributed by atoms with Crippen molar-refractivity contribution in [2.75, 3.05) is 0 Å². The lowest BCUT2D eigenvalue weighted by Gasteiger charge is -1.96. The first kappa shape index (κ1) is 8.45. The number of aldehydes is 1. The molecule has 66 valence electrons. The highest BCUT2D eigenvalue weighted by molar-refractivity contribution is 7.17. The maximum absolute atomic E-state index is 10.7. The number of carbonyl (C=O) groups excluding carboxylic acids is 1. The smallest absolute Gasteiger partial charge is 0.151 e. The van der Waals surface area contributed by atoms with Crippen LogP contribution in [0, 0.1) is 0 Å². The minimum absolute atomic E-state index is 0.815. The van der Waals surface area contributed by atoms with E-state index in [4.69, 9.17) is 0 Å². The molecule has 0 saturated heterocycles. The van der Waals surface area contributed by atoms with Crippen LogP contribution in [0.4, 0.5) is 0 Å². The second kappa shape index (κ2) is 3.30. The molecule has 0 atom stereocenters. The minimum atomic E-state index is 0.815. The maximum Gasteiger partial charge on any atom is 0.151 e. The third kappa shape index (κ3) is 1.38. The highest BCUT2D eigenvalue weighted by atomic mass is 32.1. The number of thiophene rings is 1. The Kier molecular flexibility index (Phi) is 2.15. The van der Waals surface area contributed by atoms with Gasteiger partial charge < -0.3 is 0 Å². The van der Waals surface area contributed by atoms with Crippen LogP contribution in [0.3, 0.4) is 0 Å². The van der Waals surface area contributed by atoms with Gasteiger partial charge in [-0.3, -0.25) is 4.79 Å². The predicted octanol–water partition coefficient (Wildman–Crippen LogP) is 3.28. The number of rotatable bonds is 2. The van der Waals surface area contributed by atoms with Gasteiger partial charge >= 0.3 is 0 Å². The fourth-order valence-corrected chi connectivity index (χ4v) is 2.29. The molecule has 13 heavy (non-hydrogen) atoms. The zero-order chi connectivity index (χ0) is 9.26. The molecular formula is C11H10OS. The van der Waals surface area contributed by atoms with Gasteiger partial charge in [-0.25, -0.2) is 0 Å². The van der Waals surface area contributed by atoms with Crippen LogP contribution in [0.5, 0.6) is 0 Å². The summed E-state index contributed by atoms with van der Waals surface area (Å²) in [6.07, 6.45) is 1.95. The lowest BCUT2D eigenvalue weighted by molar-refractivity contribution is 0.112. The third-order valence-electron chi connectivity index (χ3n) is 2.20. The molecule has 0 spiro atoms. The first-order chi connectivity index (χ1) is 6.35. The second-order valence-corrected chi connectivity index (χ2v) is 3.90. The van der Waals surface area contributed by atoms with Gasteiger partial charge in [0.2, 0.25) is 0 Å². The molecule has 2 heteroatoms. The van der Waals surface area contributed by atoms with E-state index in [2.05, 4.69) is 25.1 Å². The lowest BCUT2D eigenvalue weighted by Crippen LogP contribution is -1.80. The van der Waals surface area contributed by atoms with Gasteiger partial charge in [0.25, 0.3) is 0 Å². The van der Waals surface area contributed by atoms with Gasteiger partial charge in [0, 0.05) is 21.0 Å². The van der Waals surface area contributed by atoms with E-state index in [0.29, 0.717) is 0 Å². The molecule has 1 aromatic carbocycles. The highest BCUT2D eigenvalue weighted by Crippen LogP contribution is 2.25. The predicted molar refractivity (Wildman–Crippen MR) is 56.6 cm³/mol. The molecule has 0 aliphatic heterocycles. The Morgan fingerprint density at radius 3 is 3.00 bits per heavy atom. The van der Waals surface area contributed by atoms with Crippen molar-refractivity contribution in [2.24, 2.45) is 0 Å². The number of carbonyl (C=O) groups is 1. The van der Waals surface area contributed by atoms with Gasteiger partial charge in [0.15, 0.2) is 6.29 Å². The van der Waals surface area contributed by atoms with Crippen LogP contribution >= 0.6 is 11.3 Å². The first-order valence-electron chi connectivity index (χ1n) is 4.30. The summed E-state index contributed by atoms with van der Waals surface area (Å²) in [5.41, 5.74) is 2.10. The summed E-state index contributed by atoms with van der Waals surface area (Å²) in [7, 11) is 0. The molecule has 0 N–H and O–H groups in total. The molecule has 0 saturated carbocycles. The van der Waals surface area contributed by atoms with E-state index in [9.17, 15) is 4.79 Å². The van der Waals surface area contributed by atoms with E-state index in [1.165, 1.54) is 10.3 Å². The molecule has 0 bridgehead atoms. The van der Waals surface area contributed by atoms with Crippen LogP contribution in [0.25, 0.3) is 10.1 Å². The number of hydrogen-bond donors (Lipinski definition) is 0. The molecule has 0 aliphatic rings. The molecule has 0 fully saturated rings. The third-order valence-corrected chi connectivity index (χ3v) is 3.18. The van der Waals surface area contributed by atoms with Gasteiger partial charge in [0.05, 0.1) is 0 Å². The number of fused-ring (bicyclic) bond motifs is 1. The molecule has 2 rings (SSSR count). The summed E-state index contributed by atoms with van der Waals surface area (Å²) in [5.74, 6) is 0. The fourth-order valence-electron chi connectivity index (χ4n) is 1.41. The van der Waals surface area contributed by atoms with Crippen LogP contribution in [0.2, 0.25) is 0 Å². The summed E-state index contributed by atoms with van der Waals surface area (Å²) in [6, 6.07) is 6.31. The van der Waals surface area contributed by atoms with E-state index >= 15 is 0 Å². The van der Waals surface area contributed by atoms with E-state index in [1.54, 1.807) is 11.3 Å². The van der Waals surface area contributed by atoms with E-state index in [-0.39, 0.29) is 0 Å². The lowest BCUT2D eigenvalue weighted by atomic mass is 10.1. The zero-order valence-electron chi connectivity index (χ0n) is 7.41. The van der Waals surface area contributed by atoms with Crippen LogP contribution in [-0.2, 0) is 6.42 Å². The summed E-state index contributed by atoms with van der Waals surface area (Å²) in [5, 5.41) is 3.01. The Labute approximate surface area is 81.0 Å². The first-order valence-corrected chi connectivity index (χ1v) is 5.18. The van der Waals surface area contributed by atoms with Gasteiger partial charge in [-0.1, -0.05) is 13.0 Å². The van der Waals surface area contributed by atoms with Crippen molar-refractivity contribution < 1.29 is 4.79 Å². The summed E-state index contributed by atoms with van der Waals surface area (Å²) in [6.45, 7) is 2.12. The molecular weight excluding hydrogens is 180 g/mol. The molecule has 0 radical (unpaired) electrons. The topological polar surface area (TPSA) is 17.1 Å². The zero-order valence-corrected chi connectivity index (χ0v) is 8.23. The Bertz CT molecular complexity index is 442.